The van der Waals surface area contributed by atoms with Gasteiger partial charge in [-0.25, -0.2) is 0 Å². The Balaban J connectivity index is 2.79. The predicted octanol–water partition coefficient (Wildman–Crippen LogP) is 2.37. The van der Waals surface area contributed by atoms with Crippen LogP contribution in [0.3, 0.4) is 0 Å². The van der Waals surface area contributed by atoms with Crippen molar-refractivity contribution in [3.63, 3.8) is 0 Å². The highest BCUT2D eigenvalue weighted by Crippen LogP contribution is 2.08. The fourth-order valence-corrected chi connectivity index (χ4v) is 1.55. The van der Waals surface area contributed by atoms with Crippen molar-refractivity contribution in [2.24, 2.45) is 0 Å². The van der Waals surface area contributed by atoms with E-state index in [0.717, 1.165) is 5.56 Å². The van der Waals surface area contributed by atoms with Gasteiger partial charge in [0, 0.05) is 18.7 Å². The van der Waals surface area contributed by atoms with E-state index in [-0.39, 0.29) is 5.91 Å². The third-order valence-corrected chi connectivity index (χ3v) is 2.43. The summed E-state index contributed by atoms with van der Waals surface area (Å²) in [6.07, 6.45) is 0.380. The number of rotatable bonds is 4. The van der Waals surface area contributed by atoms with Crippen molar-refractivity contribution in [1.82, 2.24) is 4.90 Å². The molecule has 3 nitrogen and oxygen atoms in total. The van der Waals surface area contributed by atoms with Gasteiger partial charge in [0.05, 0.1) is 12.5 Å². The van der Waals surface area contributed by atoms with Crippen molar-refractivity contribution < 1.29 is 4.79 Å². The molecule has 0 N–H and O–H groups in total. The highest BCUT2D eigenvalue weighted by atomic mass is 16.2. The molecular formula is C13H16N2O. The second kappa shape index (κ2) is 5.92. The van der Waals surface area contributed by atoms with Gasteiger partial charge >= 0.3 is 0 Å². The molecular weight excluding hydrogens is 200 g/mol. The summed E-state index contributed by atoms with van der Waals surface area (Å²) in [4.78, 5) is 13.7. The number of aryl methyl sites for hydroxylation is 1. The van der Waals surface area contributed by atoms with Crippen LogP contribution in [-0.4, -0.2) is 23.9 Å². The first kappa shape index (κ1) is 12.3. The van der Waals surface area contributed by atoms with Gasteiger partial charge in [0.1, 0.15) is 0 Å². The zero-order chi connectivity index (χ0) is 12.0. The van der Waals surface area contributed by atoms with Gasteiger partial charge < -0.3 is 4.90 Å². The Morgan fingerprint density at radius 1 is 1.50 bits per heavy atom. The van der Waals surface area contributed by atoms with Gasteiger partial charge in [-0.2, -0.15) is 5.26 Å². The number of carbonyl (C=O) groups excluding carboxylic acids is 1. The molecule has 0 saturated heterocycles. The summed E-state index contributed by atoms with van der Waals surface area (Å²) in [6, 6.07) is 9.57. The molecule has 0 unspecified atom stereocenters. The molecule has 0 bridgehead atoms. The third-order valence-electron chi connectivity index (χ3n) is 2.43. The maximum Gasteiger partial charge on any atom is 0.253 e. The molecule has 0 aliphatic carbocycles. The fourth-order valence-electron chi connectivity index (χ4n) is 1.55. The Morgan fingerprint density at radius 3 is 2.81 bits per heavy atom. The lowest BCUT2D eigenvalue weighted by atomic mass is 10.1. The van der Waals surface area contributed by atoms with Crippen LogP contribution in [0, 0.1) is 18.3 Å². The molecule has 3 heteroatoms. The van der Waals surface area contributed by atoms with Gasteiger partial charge in [-0.05, 0) is 26.0 Å². The number of nitrogens with zero attached hydrogens (tertiary/aromatic N) is 2. The summed E-state index contributed by atoms with van der Waals surface area (Å²) in [5.74, 6) is 0.00134. The van der Waals surface area contributed by atoms with E-state index in [1.165, 1.54) is 0 Å². The van der Waals surface area contributed by atoms with E-state index in [1.54, 1.807) is 4.90 Å². The second-order valence-corrected chi connectivity index (χ2v) is 3.66. The minimum atomic E-state index is 0.00134. The molecule has 0 saturated carbocycles. The van der Waals surface area contributed by atoms with Crippen LogP contribution in [0.1, 0.15) is 29.3 Å². The maximum absolute atomic E-state index is 12.1. The maximum atomic E-state index is 12.1. The van der Waals surface area contributed by atoms with E-state index in [4.69, 9.17) is 5.26 Å². The van der Waals surface area contributed by atoms with E-state index < -0.39 is 0 Å². The number of hydrogen-bond acceptors (Lipinski definition) is 2. The van der Waals surface area contributed by atoms with E-state index in [2.05, 4.69) is 6.07 Å². The van der Waals surface area contributed by atoms with Gasteiger partial charge in [-0.3, -0.25) is 4.79 Å². The molecule has 1 rings (SSSR count). The van der Waals surface area contributed by atoms with Gasteiger partial charge in [0.2, 0.25) is 0 Å². The summed E-state index contributed by atoms with van der Waals surface area (Å²) in [5, 5.41) is 8.52. The average molecular weight is 216 g/mol. The fraction of sp³-hybridized carbons (Fsp3) is 0.385. The average Bonchev–Trinajstić information content (AvgIpc) is 2.29. The van der Waals surface area contributed by atoms with Gasteiger partial charge in [0.15, 0.2) is 0 Å². The van der Waals surface area contributed by atoms with Gasteiger partial charge in [-0.15, -0.1) is 0 Å². The van der Waals surface area contributed by atoms with Gasteiger partial charge in [0.25, 0.3) is 5.91 Å². The second-order valence-electron chi connectivity index (χ2n) is 3.66. The molecule has 0 aliphatic heterocycles. The van der Waals surface area contributed by atoms with Crippen LogP contribution in [0.15, 0.2) is 24.3 Å². The molecule has 16 heavy (non-hydrogen) atoms. The van der Waals surface area contributed by atoms with Crippen molar-refractivity contribution in [3.05, 3.63) is 35.4 Å². The molecule has 0 radical (unpaired) electrons. The Kier molecular flexibility index (Phi) is 4.53. The van der Waals surface area contributed by atoms with E-state index in [9.17, 15) is 4.79 Å². The van der Waals surface area contributed by atoms with E-state index >= 15 is 0 Å². The third kappa shape index (κ3) is 3.09. The standard InChI is InChI=1S/C13H16N2O/c1-3-15(9-5-8-14)13(16)12-7-4-6-11(2)10-12/h4,6-7,10H,3,5,9H2,1-2H3. The summed E-state index contributed by atoms with van der Waals surface area (Å²) in [7, 11) is 0. The predicted molar refractivity (Wildman–Crippen MR) is 63.0 cm³/mol. The van der Waals surface area contributed by atoms with Gasteiger partial charge in [-0.1, -0.05) is 17.7 Å². The zero-order valence-electron chi connectivity index (χ0n) is 9.73. The molecule has 0 aliphatic rings. The minimum Gasteiger partial charge on any atom is -0.338 e. The Bertz CT molecular complexity index is 407. The van der Waals surface area contributed by atoms with E-state index in [1.807, 2.05) is 38.1 Å². The summed E-state index contributed by atoms with van der Waals surface area (Å²) in [5.41, 5.74) is 1.77. The van der Waals surface area contributed by atoms with Crippen molar-refractivity contribution in [1.29, 1.82) is 5.26 Å². The van der Waals surface area contributed by atoms with Crippen LogP contribution < -0.4 is 0 Å². The monoisotopic (exact) mass is 216 g/mol. The number of benzene rings is 1. The van der Waals surface area contributed by atoms with Crippen molar-refractivity contribution >= 4 is 5.91 Å². The quantitative estimate of drug-likeness (QED) is 0.775. The lowest BCUT2D eigenvalue weighted by Gasteiger charge is -2.19. The largest absolute Gasteiger partial charge is 0.338 e. The molecule has 0 aromatic heterocycles. The van der Waals surface area contributed by atoms with Crippen LogP contribution >= 0.6 is 0 Å². The molecule has 0 spiro atoms. The Hall–Kier alpha value is -1.82. The molecule has 1 amide bonds. The summed E-state index contributed by atoms with van der Waals surface area (Å²) >= 11 is 0. The lowest BCUT2D eigenvalue weighted by Crippen LogP contribution is -2.31. The number of amides is 1. The van der Waals surface area contributed by atoms with Crippen molar-refractivity contribution in [2.45, 2.75) is 20.3 Å². The summed E-state index contributed by atoms with van der Waals surface area (Å²) in [6.45, 7) is 5.02. The number of hydrogen-bond donors (Lipinski definition) is 0. The molecule has 1 aromatic rings. The highest BCUT2D eigenvalue weighted by molar-refractivity contribution is 5.94. The molecule has 84 valence electrons. The lowest BCUT2D eigenvalue weighted by molar-refractivity contribution is 0.0767. The first-order valence-corrected chi connectivity index (χ1v) is 5.42. The van der Waals surface area contributed by atoms with Crippen molar-refractivity contribution in [3.8, 4) is 6.07 Å². The topological polar surface area (TPSA) is 44.1 Å². The molecule has 1 aromatic carbocycles. The number of nitriles is 1. The first-order valence-electron chi connectivity index (χ1n) is 5.42. The Labute approximate surface area is 96.3 Å². The minimum absolute atomic E-state index is 0.00134. The molecule has 0 fully saturated rings. The first-order chi connectivity index (χ1) is 7.69. The zero-order valence-corrected chi connectivity index (χ0v) is 9.73. The van der Waals surface area contributed by atoms with Crippen LogP contribution in [0.5, 0.6) is 0 Å². The van der Waals surface area contributed by atoms with Crippen LogP contribution in [-0.2, 0) is 0 Å². The van der Waals surface area contributed by atoms with E-state index in [0.29, 0.717) is 25.1 Å². The normalized spacial score (nSPS) is 9.56. The molecule has 0 heterocycles. The van der Waals surface area contributed by atoms with Crippen LogP contribution in [0.25, 0.3) is 0 Å². The number of carbonyl (C=O) groups is 1. The SMILES string of the molecule is CCN(CCC#N)C(=O)c1cccc(C)c1. The smallest absolute Gasteiger partial charge is 0.253 e. The van der Waals surface area contributed by atoms with Crippen LogP contribution in [0.4, 0.5) is 0 Å². The summed E-state index contributed by atoms with van der Waals surface area (Å²) < 4.78 is 0. The van der Waals surface area contributed by atoms with Crippen molar-refractivity contribution in [2.75, 3.05) is 13.1 Å². The van der Waals surface area contributed by atoms with Crippen LogP contribution in [0.2, 0.25) is 0 Å². The Morgan fingerprint density at radius 2 is 2.25 bits per heavy atom. The molecule has 0 atom stereocenters. The highest BCUT2D eigenvalue weighted by Gasteiger charge is 2.13.